The highest BCUT2D eigenvalue weighted by atomic mass is 32.2. The number of benzene rings is 1. The molecule has 2 aromatic rings. The molecule has 1 aromatic heterocycles. The van der Waals surface area contributed by atoms with Gasteiger partial charge in [-0.3, -0.25) is 0 Å². The number of nitriles is 1. The summed E-state index contributed by atoms with van der Waals surface area (Å²) in [6.07, 6.45) is 1.83. The summed E-state index contributed by atoms with van der Waals surface area (Å²) in [5, 5.41) is 9.74. The van der Waals surface area contributed by atoms with Gasteiger partial charge in [0, 0.05) is 37.3 Å². The molecule has 1 aliphatic rings. The number of aromatic nitrogens is 1. The Hall–Kier alpha value is -1.95. The van der Waals surface area contributed by atoms with Gasteiger partial charge < -0.3 is 4.90 Å². The van der Waals surface area contributed by atoms with Crippen LogP contribution in [0.1, 0.15) is 10.4 Å². The van der Waals surface area contributed by atoms with Crippen molar-refractivity contribution in [3.05, 3.63) is 40.9 Å². The summed E-state index contributed by atoms with van der Waals surface area (Å²) < 4.78 is 26.8. The number of thiazole rings is 1. The summed E-state index contributed by atoms with van der Waals surface area (Å²) in [4.78, 5) is 7.84. The fourth-order valence-electron chi connectivity index (χ4n) is 2.46. The summed E-state index contributed by atoms with van der Waals surface area (Å²) >= 11 is 1.62. The third-order valence-electron chi connectivity index (χ3n) is 3.74. The molecule has 1 fully saturated rings. The highest BCUT2D eigenvalue weighted by Gasteiger charge is 2.29. The Kier molecular flexibility index (Phi) is 4.35. The SMILES string of the molecule is Cc1cnc(N2CCN(S(=O)(=O)c3ccc(C#N)cc3)CC2)s1. The number of rotatable bonds is 3. The summed E-state index contributed by atoms with van der Waals surface area (Å²) in [6.45, 7) is 4.12. The van der Waals surface area contributed by atoms with Gasteiger partial charge in [-0.25, -0.2) is 13.4 Å². The quantitative estimate of drug-likeness (QED) is 0.846. The molecule has 120 valence electrons. The van der Waals surface area contributed by atoms with Crippen LogP contribution in [-0.2, 0) is 10.0 Å². The number of hydrogen-bond donors (Lipinski definition) is 0. The van der Waals surface area contributed by atoms with Gasteiger partial charge in [-0.15, -0.1) is 11.3 Å². The topological polar surface area (TPSA) is 77.3 Å². The van der Waals surface area contributed by atoms with E-state index in [1.807, 2.05) is 19.2 Å². The molecule has 6 nitrogen and oxygen atoms in total. The predicted octanol–water partition coefficient (Wildman–Crippen LogP) is 1.83. The van der Waals surface area contributed by atoms with Crippen molar-refractivity contribution >= 4 is 26.5 Å². The fraction of sp³-hybridized carbons (Fsp3) is 0.333. The van der Waals surface area contributed by atoms with Crippen LogP contribution in [0.3, 0.4) is 0 Å². The Balaban J connectivity index is 1.72. The minimum atomic E-state index is -3.51. The summed E-state index contributed by atoms with van der Waals surface area (Å²) in [5.41, 5.74) is 0.452. The van der Waals surface area contributed by atoms with E-state index in [2.05, 4.69) is 9.88 Å². The highest BCUT2D eigenvalue weighted by Crippen LogP contribution is 2.24. The first-order chi connectivity index (χ1) is 11.0. The summed E-state index contributed by atoms with van der Waals surface area (Å²) in [6, 6.07) is 8.03. The van der Waals surface area contributed by atoms with Crippen LogP contribution in [0.15, 0.2) is 35.4 Å². The van der Waals surface area contributed by atoms with Crippen molar-refractivity contribution in [3.63, 3.8) is 0 Å². The van der Waals surface area contributed by atoms with Crippen LogP contribution in [0.25, 0.3) is 0 Å². The van der Waals surface area contributed by atoms with Gasteiger partial charge in [-0.1, -0.05) is 0 Å². The van der Waals surface area contributed by atoms with E-state index in [-0.39, 0.29) is 4.90 Å². The van der Waals surface area contributed by atoms with Crippen LogP contribution in [0.5, 0.6) is 0 Å². The lowest BCUT2D eigenvalue weighted by atomic mass is 10.2. The van der Waals surface area contributed by atoms with E-state index >= 15 is 0 Å². The Morgan fingerprint density at radius 2 is 1.83 bits per heavy atom. The van der Waals surface area contributed by atoms with Gasteiger partial charge in [0.25, 0.3) is 0 Å². The van der Waals surface area contributed by atoms with E-state index in [0.29, 0.717) is 31.7 Å². The first kappa shape index (κ1) is 15.9. The van der Waals surface area contributed by atoms with E-state index in [4.69, 9.17) is 5.26 Å². The molecule has 0 bridgehead atoms. The first-order valence-corrected chi connectivity index (χ1v) is 9.44. The first-order valence-electron chi connectivity index (χ1n) is 7.18. The molecule has 0 radical (unpaired) electrons. The van der Waals surface area contributed by atoms with Gasteiger partial charge in [0.2, 0.25) is 10.0 Å². The Morgan fingerprint density at radius 1 is 1.17 bits per heavy atom. The molecule has 0 atom stereocenters. The fourth-order valence-corrected chi connectivity index (χ4v) is 4.69. The zero-order chi connectivity index (χ0) is 16.4. The van der Waals surface area contributed by atoms with Crippen LogP contribution in [0.4, 0.5) is 5.13 Å². The number of hydrogen-bond acceptors (Lipinski definition) is 6. The van der Waals surface area contributed by atoms with Gasteiger partial charge in [0.15, 0.2) is 5.13 Å². The Morgan fingerprint density at radius 3 is 2.35 bits per heavy atom. The van der Waals surface area contributed by atoms with Crippen molar-refractivity contribution in [3.8, 4) is 6.07 Å². The third kappa shape index (κ3) is 3.22. The minimum Gasteiger partial charge on any atom is -0.345 e. The standard InChI is InChI=1S/C15H16N4O2S2/c1-12-11-17-15(22-12)18-6-8-19(9-7-18)23(20,21)14-4-2-13(10-16)3-5-14/h2-5,11H,6-9H2,1H3. The second-order valence-electron chi connectivity index (χ2n) is 5.28. The average Bonchev–Trinajstić information content (AvgIpc) is 3.01. The molecule has 3 rings (SSSR count). The maximum absolute atomic E-state index is 12.6. The van der Waals surface area contributed by atoms with Gasteiger partial charge in [0.1, 0.15) is 0 Å². The Bertz CT molecular complexity index is 829. The smallest absolute Gasteiger partial charge is 0.243 e. The van der Waals surface area contributed by atoms with Gasteiger partial charge in [-0.05, 0) is 31.2 Å². The largest absolute Gasteiger partial charge is 0.345 e. The molecular weight excluding hydrogens is 332 g/mol. The van der Waals surface area contributed by atoms with Crippen LogP contribution < -0.4 is 4.90 Å². The minimum absolute atomic E-state index is 0.232. The van der Waals surface area contributed by atoms with E-state index in [1.54, 1.807) is 11.3 Å². The number of sulfonamides is 1. The van der Waals surface area contributed by atoms with E-state index in [0.717, 1.165) is 10.0 Å². The van der Waals surface area contributed by atoms with Crippen LogP contribution in [0, 0.1) is 18.3 Å². The van der Waals surface area contributed by atoms with Gasteiger partial charge >= 0.3 is 0 Å². The molecule has 2 heterocycles. The zero-order valence-corrected chi connectivity index (χ0v) is 14.3. The van der Waals surface area contributed by atoms with E-state index < -0.39 is 10.0 Å². The molecular formula is C15H16N4O2S2. The monoisotopic (exact) mass is 348 g/mol. The lowest BCUT2D eigenvalue weighted by Crippen LogP contribution is -2.48. The number of nitrogens with zero attached hydrogens (tertiary/aromatic N) is 4. The molecule has 0 spiro atoms. The molecule has 23 heavy (non-hydrogen) atoms. The van der Waals surface area contributed by atoms with E-state index in [1.165, 1.54) is 28.6 Å². The van der Waals surface area contributed by atoms with Crippen LogP contribution in [-0.4, -0.2) is 43.9 Å². The lowest BCUT2D eigenvalue weighted by molar-refractivity contribution is 0.385. The van der Waals surface area contributed by atoms with Crippen molar-refractivity contribution in [2.45, 2.75) is 11.8 Å². The average molecular weight is 348 g/mol. The van der Waals surface area contributed by atoms with Crippen molar-refractivity contribution in [2.24, 2.45) is 0 Å². The van der Waals surface area contributed by atoms with Crippen molar-refractivity contribution in [1.29, 1.82) is 5.26 Å². The maximum atomic E-state index is 12.6. The lowest BCUT2D eigenvalue weighted by Gasteiger charge is -2.33. The predicted molar refractivity (Wildman–Crippen MR) is 89.0 cm³/mol. The van der Waals surface area contributed by atoms with Gasteiger partial charge in [-0.2, -0.15) is 9.57 Å². The summed E-state index contributed by atoms with van der Waals surface area (Å²) in [5.74, 6) is 0. The molecule has 0 unspecified atom stereocenters. The van der Waals surface area contributed by atoms with Gasteiger partial charge in [0.05, 0.1) is 16.5 Å². The van der Waals surface area contributed by atoms with Crippen LogP contribution in [0.2, 0.25) is 0 Å². The van der Waals surface area contributed by atoms with Crippen molar-refractivity contribution in [1.82, 2.24) is 9.29 Å². The Labute approximate surface area is 139 Å². The van der Waals surface area contributed by atoms with Crippen molar-refractivity contribution < 1.29 is 8.42 Å². The highest BCUT2D eigenvalue weighted by molar-refractivity contribution is 7.89. The molecule has 0 amide bonds. The molecule has 0 saturated carbocycles. The third-order valence-corrected chi connectivity index (χ3v) is 6.63. The van der Waals surface area contributed by atoms with Crippen molar-refractivity contribution in [2.75, 3.05) is 31.1 Å². The molecule has 1 aliphatic heterocycles. The molecule has 1 aromatic carbocycles. The van der Waals surface area contributed by atoms with E-state index in [9.17, 15) is 8.42 Å². The second-order valence-corrected chi connectivity index (χ2v) is 8.43. The normalized spacial score (nSPS) is 16.3. The molecule has 0 N–H and O–H groups in total. The number of aryl methyl sites for hydroxylation is 1. The second kappa shape index (κ2) is 6.28. The maximum Gasteiger partial charge on any atom is 0.243 e. The molecule has 8 heteroatoms. The zero-order valence-electron chi connectivity index (χ0n) is 12.6. The molecule has 1 saturated heterocycles. The summed E-state index contributed by atoms with van der Waals surface area (Å²) in [7, 11) is -3.51. The number of piperazine rings is 1. The van der Waals surface area contributed by atoms with Crippen LogP contribution >= 0.6 is 11.3 Å². The molecule has 0 aliphatic carbocycles. The number of anilines is 1.